The molecule has 0 aromatic carbocycles. The first-order chi connectivity index (χ1) is 7.15. The SMILES string of the molecule is COCC(N)C(=O)NC1CCCCC1C. The summed E-state index contributed by atoms with van der Waals surface area (Å²) in [4.78, 5) is 11.6. The summed E-state index contributed by atoms with van der Waals surface area (Å²) in [7, 11) is 1.55. The van der Waals surface area contributed by atoms with Gasteiger partial charge in [-0.2, -0.15) is 0 Å². The highest BCUT2D eigenvalue weighted by Crippen LogP contribution is 2.23. The van der Waals surface area contributed by atoms with E-state index in [1.165, 1.54) is 19.3 Å². The maximum Gasteiger partial charge on any atom is 0.239 e. The molecule has 1 rings (SSSR count). The van der Waals surface area contributed by atoms with Crippen LogP contribution in [0.2, 0.25) is 0 Å². The topological polar surface area (TPSA) is 64.3 Å². The van der Waals surface area contributed by atoms with Gasteiger partial charge in [-0.1, -0.05) is 19.8 Å². The third-order valence-electron chi connectivity index (χ3n) is 3.12. The van der Waals surface area contributed by atoms with Crippen LogP contribution in [-0.4, -0.2) is 31.7 Å². The average molecular weight is 214 g/mol. The highest BCUT2D eigenvalue weighted by molar-refractivity contribution is 5.81. The van der Waals surface area contributed by atoms with Gasteiger partial charge in [0.1, 0.15) is 6.04 Å². The van der Waals surface area contributed by atoms with Crippen LogP contribution in [0.15, 0.2) is 0 Å². The van der Waals surface area contributed by atoms with Crippen molar-refractivity contribution in [3.8, 4) is 0 Å². The van der Waals surface area contributed by atoms with Crippen LogP contribution in [0.5, 0.6) is 0 Å². The molecule has 1 amide bonds. The van der Waals surface area contributed by atoms with E-state index in [1.54, 1.807) is 7.11 Å². The Morgan fingerprint density at radius 2 is 2.20 bits per heavy atom. The van der Waals surface area contributed by atoms with Crippen LogP contribution in [0.4, 0.5) is 0 Å². The summed E-state index contributed by atoms with van der Waals surface area (Å²) in [6.07, 6.45) is 4.75. The first kappa shape index (κ1) is 12.5. The van der Waals surface area contributed by atoms with E-state index in [0.29, 0.717) is 12.0 Å². The van der Waals surface area contributed by atoms with Gasteiger partial charge in [0.25, 0.3) is 0 Å². The number of nitrogens with two attached hydrogens (primary N) is 1. The minimum atomic E-state index is -0.538. The lowest BCUT2D eigenvalue weighted by molar-refractivity contribution is -0.124. The fourth-order valence-electron chi connectivity index (χ4n) is 2.08. The van der Waals surface area contributed by atoms with Crippen molar-refractivity contribution in [3.63, 3.8) is 0 Å². The van der Waals surface area contributed by atoms with Gasteiger partial charge < -0.3 is 15.8 Å². The maximum absolute atomic E-state index is 11.6. The van der Waals surface area contributed by atoms with E-state index in [9.17, 15) is 4.79 Å². The monoisotopic (exact) mass is 214 g/mol. The largest absolute Gasteiger partial charge is 0.383 e. The zero-order chi connectivity index (χ0) is 11.3. The predicted molar refractivity (Wildman–Crippen MR) is 59.4 cm³/mol. The molecule has 1 fully saturated rings. The van der Waals surface area contributed by atoms with E-state index in [-0.39, 0.29) is 12.5 Å². The second-order valence-corrected chi connectivity index (χ2v) is 4.44. The second kappa shape index (κ2) is 6.08. The molecule has 4 nitrogen and oxygen atoms in total. The Kier molecular flexibility index (Phi) is 5.05. The standard InChI is InChI=1S/C11H22N2O2/c1-8-5-3-4-6-10(8)13-11(14)9(12)7-15-2/h8-10H,3-7,12H2,1-2H3,(H,13,14). The summed E-state index contributed by atoms with van der Waals surface area (Å²) in [6.45, 7) is 2.47. The zero-order valence-corrected chi connectivity index (χ0v) is 9.66. The van der Waals surface area contributed by atoms with Crippen molar-refractivity contribution in [2.45, 2.75) is 44.7 Å². The Morgan fingerprint density at radius 3 is 2.80 bits per heavy atom. The predicted octanol–water partition coefficient (Wildman–Crippen LogP) is 0.655. The molecule has 3 N–H and O–H groups in total. The van der Waals surface area contributed by atoms with E-state index < -0.39 is 6.04 Å². The number of ether oxygens (including phenoxy) is 1. The van der Waals surface area contributed by atoms with Crippen molar-refractivity contribution in [1.82, 2.24) is 5.32 Å². The van der Waals surface area contributed by atoms with Gasteiger partial charge in [-0.25, -0.2) is 0 Å². The number of hydrogen-bond acceptors (Lipinski definition) is 3. The van der Waals surface area contributed by atoms with E-state index in [4.69, 9.17) is 10.5 Å². The molecule has 0 aliphatic heterocycles. The van der Waals surface area contributed by atoms with Crippen molar-refractivity contribution in [2.75, 3.05) is 13.7 Å². The molecule has 88 valence electrons. The number of carbonyl (C=O) groups is 1. The van der Waals surface area contributed by atoms with Gasteiger partial charge in [-0.15, -0.1) is 0 Å². The number of rotatable bonds is 4. The van der Waals surface area contributed by atoms with Crippen molar-refractivity contribution in [1.29, 1.82) is 0 Å². The molecular formula is C11H22N2O2. The van der Waals surface area contributed by atoms with Crippen molar-refractivity contribution in [2.24, 2.45) is 11.7 Å². The molecule has 3 unspecified atom stereocenters. The molecule has 0 saturated heterocycles. The molecule has 15 heavy (non-hydrogen) atoms. The first-order valence-corrected chi connectivity index (χ1v) is 5.70. The van der Waals surface area contributed by atoms with Gasteiger partial charge in [0.15, 0.2) is 0 Å². The van der Waals surface area contributed by atoms with Crippen LogP contribution in [0.25, 0.3) is 0 Å². The van der Waals surface area contributed by atoms with E-state index in [1.807, 2.05) is 0 Å². The van der Waals surface area contributed by atoms with Crippen molar-refractivity contribution in [3.05, 3.63) is 0 Å². The molecule has 1 saturated carbocycles. The minimum Gasteiger partial charge on any atom is -0.383 e. The third-order valence-corrected chi connectivity index (χ3v) is 3.12. The summed E-state index contributed by atoms with van der Waals surface area (Å²) in [5.41, 5.74) is 5.65. The van der Waals surface area contributed by atoms with Crippen LogP contribution >= 0.6 is 0 Å². The van der Waals surface area contributed by atoms with Crippen molar-refractivity contribution < 1.29 is 9.53 Å². The van der Waals surface area contributed by atoms with E-state index in [0.717, 1.165) is 6.42 Å². The van der Waals surface area contributed by atoms with Gasteiger partial charge in [-0.05, 0) is 18.8 Å². The smallest absolute Gasteiger partial charge is 0.239 e. The van der Waals surface area contributed by atoms with Crippen LogP contribution in [0.3, 0.4) is 0 Å². The molecule has 0 heterocycles. The van der Waals surface area contributed by atoms with Gasteiger partial charge in [0.05, 0.1) is 6.61 Å². The lowest BCUT2D eigenvalue weighted by Crippen LogP contribution is -2.50. The van der Waals surface area contributed by atoms with Crippen LogP contribution < -0.4 is 11.1 Å². The molecule has 4 heteroatoms. The molecule has 3 atom stereocenters. The molecule has 0 aromatic rings. The normalized spacial score (nSPS) is 28.5. The van der Waals surface area contributed by atoms with E-state index in [2.05, 4.69) is 12.2 Å². The lowest BCUT2D eigenvalue weighted by Gasteiger charge is -2.30. The quantitative estimate of drug-likeness (QED) is 0.722. The number of carbonyl (C=O) groups excluding carboxylic acids is 1. The fourth-order valence-corrected chi connectivity index (χ4v) is 2.08. The molecule has 0 aromatic heterocycles. The number of nitrogens with one attached hydrogen (secondary N) is 1. The fraction of sp³-hybridized carbons (Fsp3) is 0.909. The number of methoxy groups -OCH3 is 1. The molecule has 0 spiro atoms. The minimum absolute atomic E-state index is 0.0874. The van der Waals surface area contributed by atoms with E-state index >= 15 is 0 Å². The van der Waals surface area contributed by atoms with Gasteiger partial charge in [0, 0.05) is 13.2 Å². The van der Waals surface area contributed by atoms with Crippen molar-refractivity contribution >= 4 is 5.91 Å². The number of hydrogen-bond donors (Lipinski definition) is 2. The summed E-state index contributed by atoms with van der Waals surface area (Å²) in [6, 6.07) is -0.238. The highest BCUT2D eigenvalue weighted by Gasteiger charge is 2.24. The summed E-state index contributed by atoms with van der Waals surface area (Å²) in [5, 5.41) is 3.01. The second-order valence-electron chi connectivity index (χ2n) is 4.44. The van der Waals surface area contributed by atoms with Gasteiger partial charge in [0.2, 0.25) is 5.91 Å². The molecule has 1 aliphatic rings. The van der Waals surface area contributed by atoms with Crippen LogP contribution in [0.1, 0.15) is 32.6 Å². The summed E-state index contributed by atoms with van der Waals surface area (Å²) < 4.78 is 4.85. The Morgan fingerprint density at radius 1 is 1.53 bits per heavy atom. The Balaban J connectivity index is 2.35. The molecule has 0 bridgehead atoms. The maximum atomic E-state index is 11.6. The summed E-state index contributed by atoms with van der Waals surface area (Å²) in [5.74, 6) is 0.480. The van der Waals surface area contributed by atoms with Gasteiger partial charge in [-0.3, -0.25) is 4.79 Å². The third kappa shape index (κ3) is 3.80. The van der Waals surface area contributed by atoms with Gasteiger partial charge >= 0.3 is 0 Å². The molecule has 1 aliphatic carbocycles. The highest BCUT2D eigenvalue weighted by atomic mass is 16.5. The average Bonchev–Trinajstić information content (AvgIpc) is 2.21. The number of amides is 1. The first-order valence-electron chi connectivity index (χ1n) is 5.70. The summed E-state index contributed by atoms with van der Waals surface area (Å²) >= 11 is 0. The zero-order valence-electron chi connectivity index (χ0n) is 9.66. The Hall–Kier alpha value is -0.610. The lowest BCUT2D eigenvalue weighted by atomic mass is 9.86. The Labute approximate surface area is 91.5 Å². The molecule has 0 radical (unpaired) electrons. The van der Waals surface area contributed by atoms with Crippen LogP contribution in [0, 0.1) is 5.92 Å². The molecular weight excluding hydrogens is 192 g/mol. The Bertz CT molecular complexity index is 209. The van der Waals surface area contributed by atoms with Crippen LogP contribution in [-0.2, 0) is 9.53 Å².